The highest BCUT2D eigenvalue weighted by Crippen LogP contribution is 2.17. The number of amides is 2. The molecule has 2 rings (SSSR count). The average molecular weight is 324 g/mol. The van der Waals surface area contributed by atoms with Gasteiger partial charge >= 0.3 is 6.03 Å². The molecular weight excluding hydrogens is 304 g/mol. The molecule has 22 heavy (non-hydrogen) atoms. The molecule has 0 aliphatic heterocycles. The van der Waals surface area contributed by atoms with Gasteiger partial charge in [-0.2, -0.15) is 0 Å². The van der Waals surface area contributed by atoms with Crippen LogP contribution in [0.1, 0.15) is 23.5 Å². The van der Waals surface area contributed by atoms with Crippen LogP contribution in [0.4, 0.5) is 9.93 Å². The number of nitrogens with zero attached hydrogens (tertiary/aromatic N) is 3. The van der Waals surface area contributed by atoms with E-state index < -0.39 is 0 Å². The molecule has 0 unspecified atom stereocenters. The lowest BCUT2D eigenvalue weighted by atomic mass is 10.4. The summed E-state index contributed by atoms with van der Waals surface area (Å²) in [7, 11) is 1.60. The highest BCUT2D eigenvalue weighted by atomic mass is 32.1. The molecule has 0 aliphatic carbocycles. The maximum atomic E-state index is 12.4. The maximum absolute atomic E-state index is 12.4. The van der Waals surface area contributed by atoms with Gasteiger partial charge in [-0.3, -0.25) is 5.32 Å². The zero-order valence-electron chi connectivity index (χ0n) is 13.0. The second-order valence-corrected chi connectivity index (χ2v) is 5.77. The third-order valence-corrected chi connectivity index (χ3v) is 3.96. The van der Waals surface area contributed by atoms with E-state index >= 15 is 0 Å². The Kier molecular flexibility index (Phi) is 5.91. The van der Waals surface area contributed by atoms with Gasteiger partial charge in [-0.05, 0) is 25.5 Å². The number of aryl methyl sites for hydroxylation is 2. The molecule has 0 fully saturated rings. The molecule has 0 saturated heterocycles. The highest BCUT2D eigenvalue weighted by Gasteiger charge is 2.17. The van der Waals surface area contributed by atoms with Crippen LogP contribution in [0.2, 0.25) is 0 Å². The summed E-state index contributed by atoms with van der Waals surface area (Å²) in [5, 5.41) is 12.1. The average Bonchev–Trinajstić information content (AvgIpc) is 3.12. The maximum Gasteiger partial charge on any atom is 0.324 e. The molecule has 2 amide bonds. The lowest BCUT2D eigenvalue weighted by Gasteiger charge is -2.20. The first-order valence-corrected chi connectivity index (χ1v) is 7.86. The Bertz CT molecular complexity index is 611. The van der Waals surface area contributed by atoms with Crippen LogP contribution >= 0.6 is 11.3 Å². The second kappa shape index (κ2) is 7.90. The smallest absolute Gasteiger partial charge is 0.324 e. The summed E-state index contributed by atoms with van der Waals surface area (Å²) in [6.45, 7) is 5.15. The number of hydrogen-bond acceptors (Lipinski definition) is 6. The molecule has 0 aliphatic rings. The molecule has 0 atom stereocenters. The van der Waals surface area contributed by atoms with Crippen molar-refractivity contribution < 1.29 is 13.9 Å². The fraction of sp³-hybridized carbons (Fsp3) is 0.500. The molecule has 0 radical (unpaired) electrons. The van der Waals surface area contributed by atoms with Crippen LogP contribution in [-0.2, 0) is 17.7 Å². The van der Waals surface area contributed by atoms with Crippen LogP contribution in [-0.4, -0.2) is 41.4 Å². The zero-order chi connectivity index (χ0) is 15.9. The van der Waals surface area contributed by atoms with Crippen LogP contribution in [0.15, 0.2) is 16.5 Å². The summed E-state index contributed by atoms with van der Waals surface area (Å²) in [4.78, 5) is 14.0. The number of furan rings is 1. The third-order valence-electron chi connectivity index (χ3n) is 2.98. The number of anilines is 1. The minimum atomic E-state index is -0.245. The number of aromatic nitrogens is 2. The van der Waals surface area contributed by atoms with Crippen molar-refractivity contribution in [1.82, 2.24) is 15.1 Å². The van der Waals surface area contributed by atoms with E-state index in [0.717, 1.165) is 22.9 Å². The van der Waals surface area contributed by atoms with E-state index in [1.807, 2.05) is 26.0 Å². The Morgan fingerprint density at radius 1 is 1.45 bits per heavy atom. The van der Waals surface area contributed by atoms with Crippen molar-refractivity contribution in [1.29, 1.82) is 0 Å². The first-order chi connectivity index (χ1) is 10.6. The number of nitrogens with one attached hydrogen (secondary N) is 1. The Hall–Kier alpha value is -1.93. The summed E-state index contributed by atoms with van der Waals surface area (Å²) in [5.41, 5.74) is 0. The molecule has 0 saturated carbocycles. The van der Waals surface area contributed by atoms with E-state index in [4.69, 9.17) is 9.15 Å². The van der Waals surface area contributed by atoms with Crippen molar-refractivity contribution in [3.8, 4) is 0 Å². The summed E-state index contributed by atoms with van der Waals surface area (Å²) in [6, 6.07) is 3.49. The van der Waals surface area contributed by atoms with Crippen LogP contribution < -0.4 is 5.32 Å². The number of ether oxygens (including phenoxy) is 1. The predicted octanol–water partition coefficient (Wildman–Crippen LogP) is 2.68. The van der Waals surface area contributed by atoms with E-state index in [-0.39, 0.29) is 6.03 Å². The van der Waals surface area contributed by atoms with Crippen molar-refractivity contribution >= 4 is 22.5 Å². The van der Waals surface area contributed by atoms with E-state index in [2.05, 4.69) is 15.5 Å². The first kappa shape index (κ1) is 16.4. The van der Waals surface area contributed by atoms with E-state index in [0.29, 0.717) is 24.8 Å². The highest BCUT2D eigenvalue weighted by molar-refractivity contribution is 7.15. The summed E-state index contributed by atoms with van der Waals surface area (Å²) in [5.74, 6) is 1.55. The Balaban J connectivity index is 2.01. The van der Waals surface area contributed by atoms with Gasteiger partial charge in [-0.15, -0.1) is 10.2 Å². The topological polar surface area (TPSA) is 80.5 Å². The van der Waals surface area contributed by atoms with E-state index in [1.165, 1.54) is 11.3 Å². The largest absolute Gasteiger partial charge is 0.464 e. The van der Waals surface area contributed by atoms with Gasteiger partial charge in [0, 0.05) is 13.7 Å². The molecule has 1 N–H and O–H groups in total. The molecule has 2 aromatic heterocycles. The molecule has 0 spiro atoms. The normalized spacial score (nSPS) is 10.7. The van der Waals surface area contributed by atoms with Gasteiger partial charge in [-0.1, -0.05) is 18.3 Å². The van der Waals surface area contributed by atoms with Gasteiger partial charge in [0.25, 0.3) is 0 Å². The summed E-state index contributed by atoms with van der Waals surface area (Å²) >= 11 is 1.38. The first-order valence-electron chi connectivity index (χ1n) is 7.05. The molecule has 120 valence electrons. The van der Waals surface area contributed by atoms with Gasteiger partial charge in [0.1, 0.15) is 16.5 Å². The summed E-state index contributed by atoms with van der Waals surface area (Å²) in [6.07, 6.45) is 0.798. The number of urea groups is 1. The monoisotopic (exact) mass is 324 g/mol. The lowest BCUT2D eigenvalue weighted by Crippen LogP contribution is -2.36. The van der Waals surface area contributed by atoms with E-state index in [9.17, 15) is 4.79 Å². The van der Waals surface area contributed by atoms with Crippen LogP contribution in [0, 0.1) is 6.92 Å². The molecule has 0 bridgehead atoms. The quantitative estimate of drug-likeness (QED) is 0.847. The summed E-state index contributed by atoms with van der Waals surface area (Å²) < 4.78 is 10.6. The van der Waals surface area contributed by atoms with Crippen LogP contribution in [0.25, 0.3) is 0 Å². The third kappa shape index (κ3) is 4.54. The zero-order valence-corrected chi connectivity index (χ0v) is 13.8. The van der Waals surface area contributed by atoms with Gasteiger partial charge in [-0.25, -0.2) is 4.79 Å². The number of methoxy groups -OCH3 is 1. The fourth-order valence-corrected chi connectivity index (χ4v) is 2.50. The van der Waals surface area contributed by atoms with Crippen molar-refractivity contribution in [2.24, 2.45) is 0 Å². The Morgan fingerprint density at radius 3 is 2.86 bits per heavy atom. The van der Waals surface area contributed by atoms with Crippen molar-refractivity contribution in [3.05, 3.63) is 28.7 Å². The van der Waals surface area contributed by atoms with Crippen molar-refractivity contribution in [2.75, 3.05) is 25.6 Å². The molecular formula is C14H20N4O3S. The Morgan fingerprint density at radius 2 is 2.27 bits per heavy atom. The van der Waals surface area contributed by atoms with Gasteiger partial charge in [0.2, 0.25) is 5.13 Å². The minimum Gasteiger partial charge on any atom is -0.464 e. The van der Waals surface area contributed by atoms with Gasteiger partial charge in [0.05, 0.1) is 13.2 Å². The molecule has 7 nitrogen and oxygen atoms in total. The standard InChI is InChI=1S/C14H20N4O3S/c1-4-12-16-17-13(22-12)15-14(19)18(7-8-20-3)9-11-6-5-10(2)21-11/h5-6H,4,7-9H2,1-3H3,(H,15,17,19). The van der Waals surface area contributed by atoms with Crippen LogP contribution in [0.5, 0.6) is 0 Å². The second-order valence-electron chi connectivity index (χ2n) is 4.71. The predicted molar refractivity (Wildman–Crippen MR) is 84.0 cm³/mol. The minimum absolute atomic E-state index is 0.245. The molecule has 8 heteroatoms. The van der Waals surface area contributed by atoms with Crippen molar-refractivity contribution in [2.45, 2.75) is 26.8 Å². The molecule has 2 aromatic rings. The van der Waals surface area contributed by atoms with Crippen LogP contribution in [0.3, 0.4) is 0 Å². The fourth-order valence-electron chi connectivity index (χ4n) is 1.83. The van der Waals surface area contributed by atoms with Crippen molar-refractivity contribution in [3.63, 3.8) is 0 Å². The number of rotatable bonds is 7. The lowest BCUT2D eigenvalue weighted by molar-refractivity contribution is 0.149. The molecule has 2 heterocycles. The SMILES string of the molecule is CCc1nnc(NC(=O)N(CCOC)Cc2ccc(C)o2)s1. The van der Waals surface area contributed by atoms with E-state index in [1.54, 1.807) is 12.0 Å². The number of carbonyl (C=O) groups excluding carboxylic acids is 1. The number of hydrogen-bond donors (Lipinski definition) is 1. The van der Waals surface area contributed by atoms with Gasteiger partial charge < -0.3 is 14.1 Å². The molecule has 0 aromatic carbocycles. The van der Waals surface area contributed by atoms with Gasteiger partial charge in [0.15, 0.2) is 0 Å². The number of carbonyl (C=O) groups is 1. The Labute approximate surface area is 133 Å².